The molecule has 118 valence electrons. The highest BCUT2D eigenvalue weighted by atomic mass is 32.2. The predicted molar refractivity (Wildman–Crippen MR) is 80.1 cm³/mol. The van der Waals surface area contributed by atoms with Gasteiger partial charge in [0.25, 0.3) is 0 Å². The minimum absolute atomic E-state index is 0.0164. The van der Waals surface area contributed by atoms with Crippen LogP contribution in [0.25, 0.3) is 10.9 Å². The molecule has 1 aliphatic heterocycles. The maximum Gasteiger partial charge on any atom is 0.184 e. The van der Waals surface area contributed by atoms with E-state index >= 15 is 0 Å². The Morgan fingerprint density at radius 2 is 2.00 bits per heavy atom. The van der Waals surface area contributed by atoms with Gasteiger partial charge < -0.3 is 5.32 Å². The zero-order valence-electron chi connectivity index (χ0n) is 11.9. The van der Waals surface area contributed by atoms with Gasteiger partial charge in [-0.1, -0.05) is 6.07 Å². The van der Waals surface area contributed by atoms with Crippen molar-refractivity contribution in [3.05, 3.63) is 41.6 Å². The van der Waals surface area contributed by atoms with Crippen LogP contribution in [0.5, 0.6) is 0 Å². The first-order valence-corrected chi connectivity index (χ1v) is 8.91. The van der Waals surface area contributed by atoms with Gasteiger partial charge in [0.1, 0.15) is 5.52 Å². The molecule has 0 aliphatic carbocycles. The Morgan fingerprint density at radius 3 is 2.73 bits per heavy atom. The van der Waals surface area contributed by atoms with Crippen molar-refractivity contribution in [1.29, 1.82) is 0 Å². The highest BCUT2D eigenvalue weighted by molar-refractivity contribution is 7.91. The van der Waals surface area contributed by atoms with Crippen LogP contribution in [0.1, 0.15) is 12.1 Å². The molecule has 22 heavy (non-hydrogen) atoms. The van der Waals surface area contributed by atoms with Crippen molar-refractivity contribution < 1.29 is 17.2 Å². The lowest BCUT2D eigenvalue weighted by Gasteiger charge is -2.10. The van der Waals surface area contributed by atoms with Gasteiger partial charge in [0, 0.05) is 11.9 Å². The van der Waals surface area contributed by atoms with Gasteiger partial charge in [0.05, 0.1) is 17.2 Å². The van der Waals surface area contributed by atoms with Crippen LogP contribution in [-0.4, -0.2) is 31.5 Å². The molecule has 4 nitrogen and oxygen atoms in total. The van der Waals surface area contributed by atoms with Crippen LogP contribution < -0.4 is 5.32 Å². The number of rotatable bonds is 4. The molecule has 1 aromatic carbocycles. The minimum Gasteiger partial charge on any atom is -0.311 e. The number of nitrogens with zero attached hydrogens (tertiary/aromatic N) is 1. The molecule has 1 saturated heterocycles. The third kappa shape index (κ3) is 3.25. The van der Waals surface area contributed by atoms with Crippen molar-refractivity contribution in [1.82, 2.24) is 10.3 Å². The van der Waals surface area contributed by atoms with E-state index in [4.69, 9.17) is 0 Å². The molecule has 3 rings (SSSR count). The summed E-state index contributed by atoms with van der Waals surface area (Å²) < 4.78 is 49.7. The molecule has 1 N–H and O–H groups in total. The highest BCUT2D eigenvalue weighted by Crippen LogP contribution is 2.19. The first kappa shape index (κ1) is 15.3. The zero-order chi connectivity index (χ0) is 15.7. The lowest BCUT2D eigenvalue weighted by Crippen LogP contribution is -2.23. The molecule has 1 aliphatic rings. The number of pyridine rings is 1. The van der Waals surface area contributed by atoms with Crippen molar-refractivity contribution in [3.8, 4) is 0 Å². The van der Waals surface area contributed by atoms with E-state index in [1.807, 2.05) is 0 Å². The number of hydrogen-bond acceptors (Lipinski definition) is 4. The first-order chi connectivity index (χ1) is 10.4. The average Bonchev–Trinajstić information content (AvgIpc) is 2.83. The molecule has 2 aromatic rings. The monoisotopic (exact) mass is 326 g/mol. The van der Waals surface area contributed by atoms with Gasteiger partial charge in [0.15, 0.2) is 21.5 Å². The van der Waals surface area contributed by atoms with Gasteiger partial charge in [0.2, 0.25) is 0 Å². The van der Waals surface area contributed by atoms with Crippen molar-refractivity contribution in [2.24, 2.45) is 5.92 Å². The van der Waals surface area contributed by atoms with E-state index < -0.39 is 21.5 Å². The number of aromatic nitrogens is 1. The number of benzene rings is 1. The Hall–Kier alpha value is -1.60. The lowest BCUT2D eigenvalue weighted by atomic mass is 10.1. The van der Waals surface area contributed by atoms with E-state index in [0.717, 1.165) is 6.07 Å². The molecule has 1 unspecified atom stereocenters. The number of sulfone groups is 1. The topological polar surface area (TPSA) is 59.1 Å². The maximum atomic E-state index is 13.7. The molecule has 7 heteroatoms. The Kier molecular flexibility index (Phi) is 4.10. The molecule has 1 aromatic heterocycles. The number of halogens is 2. The summed E-state index contributed by atoms with van der Waals surface area (Å²) >= 11 is 0. The van der Waals surface area contributed by atoms with Gasteiger partial charge in [-0.2, -0.15) is 0 Å². The van der Waals surface area contributed by atoms with Crippen LogP contribution >= 0.6 is 0 Å². The second-order valence-corrected chi connectivity index (χ2v) is 7.86. The number of hydrogen-bond donors (Lipinski definition) is 1. The first-order valence-electron chi connectivity index (χ1n) is 7.09. The summed E-state index contributed by atoms with van der Waals surface area (Å²) in [7, 11) is -2.88. The fourth-order valence-corrected chi connectivity index (χ4v) is 4.57. The Bertz CT molecular complexity index is 809. The van der Waals surface area contributed by atoms with Gasteiger partial charge in [-0.3, -0.25) is 0 Å². The quantitative estimate of drug-likeness (QED) is 0.934. The van der Waals surface area contributed by atoms with Crippen molar-refractivity contribution in [2.45, 2.75) is 13.0 Å². The maximum absolute atomic E-state index is 13.7. The molecular formula is C15H16F2N2O2S. The minimum atomic E-state index is -2.88. The van der Waals surface area contributed by atoms with Crippen LogP contribution in [0.3, 0.4) is 0 Å². The van der Waals surface area contributed by atoms with Crippen LogP contribution in [0.4, 0.5) is 8.78 Å². The second-order valence-electron chi connectivity index (χ2n) is 5.64. The standard InChI is InChI=1S/C15H16F2N2O2S/c16-13-4-2-11-1-3-12(19-15(11)14(13)17)8-18-7-10-5-6-22(20,21)9-10/h1-4,10,18H,5-9H2. The van der Waals surface area contributed by atoms with Crippen molar-refractivity contribution in [3.63, 3.8) is 0 Å². The molecule has 0 radical (unpaired) electrons. The summed E-state index contributed by atoms with van der Waals surface area (Å²) in [5, 5.41) is 3.68. The van der Waals surface area contributed by atoms with E-state index in [2.05, 4.69) is 10.3 Å². The molecule has 0 amide bonds. The summed E-state index contributed by atoms with van der Waals surface area (Å²) in [6, 6.07) is 6.01. The van der Waals surface area contributed by atoms with Gasteiger partial charge >= 0.3 is 0 Å². The molecule has 0 spiro atoms. The lowest BCUT2D eigenvalue weighted by molar-refractivity contribution is 0.512. The highest BCUT2D eigenvalue weighted by Gasteiger charge is 2.27. The molecule has 1 atom stereocenters. The second kappa shape index (κ2) is 5.89. The third-order valence-corrected chi connectivity index (χ3v) is 5.71. The summed E-state index contributed by atoms with van der Waals surface area (Å²) in [6.45, 7) is 0.965. The van der Waals surface area contributed by atoms with Gasteiger partial charge in [-0.25, -0.2) is 22.2 Å². The zero-order valence-corrected chi connectivity index (χ0v) is 12.7. The molecule has 1 fully saturated rings. The Balaban J connectivity index is 1.66. The average molecular weight is 326 g/mol. The third-order valence-electron chi connectivity index (χ3n) is 3.88. The Labute approximate surface area is 127 Å². The van der Waals surface area contributed by atoms with E-state index in [0.29, 0.717) is 30.6 Å². The van der Waals surface area contributed by atoms with Crippen LogP contribution in [0.2, 0.25) is 0 Å². The largest absolute Gasteiger partial charge is 0.311 e. The SMILES string of the molecule is O=S1(=O)CCC(CNCc2ccc3ccc(F)c(F)c3n2)C1. The summed E-state index contributed by atoms with van der Waals surface area (Å²) in [5.41, 5.74) is 0.612. The number of nitrogens with one attached hydrogen (secondary N) is 1. The van der Waals surface area contributed by atoms with Crippen molar-refractivity contribution in [2.75, 3.05) is 18.1 Å². The van der Waals surface area contributed by atoms with E-state index in [1.54, 1.807) is 12.1 Å². The molecular weight excluding hydrogens is 310 g/mol. The molecule has 0 saturated carbocycles. The smallest absolute Gasteiger partial charge is 0.184 e. The predicted octanol–water partition coefficient (Wildman–Crippen LogP) is 2.04. The number of fused-ring (bicyclic) bond motifs is 1. The van der Waals surface area contributed by atoms with E-state index in [1.165, 1.54) is 6.07 Å². The Morgan fingerprint density at radius 1 is 1.23 bits per heavy atom. The fourth-order valence-electron chi connectivity index (χ4n) is 2.71. The van der Waals surface area contributed by atoms with E-state index in [-0.39, 0.29) is 22.9 Å². The summed E-state index contributed by atoms with van der Waals surface area (Å²) in [4.78, 5) is 4.13. The van der Waals surface area contributed by atoms with Crippen LogP contribution in [0.15, 0.2) is 24.3 Å². The summed E-state index contributed by atoms with van der Waals surface area (Å²) in [6.07, 6.45) is 0.667. The van der Waals surface area contributed by atoms with Crippen molar-refractivity contribution >= 4 is 20.7 Å². The fraction of sp³-hybridized carbons (Fsp3) is 0.400. The van der Waals surface area contributed by atoms with Gasteiger partial charge in [-0.15, -0.1) is 0 Å². The molecule has 0 bridgehead atoms. The molecule has 2 heterocycles. The van der Waals surface area contributed by atoms with Crippen LogP contribution in [-0.2, 0) is 16.4 Å². The normalized spacial score (nSPS) is 20.5. The van der Waals surface area contributed by atoms with Gasteiger partial charge in [-0.05, 0) is 37.1 Å². The summed E-state index contributed by atoms with van der Waals surface area (Å²) in [5.74, 6) is -1.29. The van der Waals surface area contributed by atoms with E-state index in [9.17, 15) is 17.2 Å². The van der Waals surface area contributed by atoms with Crippen LogP contribution in [0, 0.1) is 17.6 Å².